The van der Waals surface area contributed by atoms with Crippen molar-refractivity contribution in [2.24, 2.45) is 34.5 Å². The van der Waals surface area contributed by atoms with Gasteiger partial charge in [-0.3, -0.25) is 0 Å². The van der Waals surface area contributed by atoms with Crippen LogP contribution in [0.2, 0.25) is 0 Å². The lowest BCUT2D eigenvalue weighted by molar-refractivity contribution is 0.0286. The third-order valence-corrected chi connectivity index (χ3v) is 9.04. The van der Waals surface area contributed by atoms with Crippen LogP contribution in [0, 0.1) is 34.5 Å². The van der Waals surface area contributed by atoms with Crippen molar-refractivity contribution in [2.45, 2.75) is 97.8 Å². The van der Waals surface area contributed by atoms with Gasteiger partial charge >= 0.3 is 0 Å². The monoisotopic (exact) mass is 314 g/mol. The Labute approximate surface area is 144 Å². The maximum absolute atomic E-state index is 2.79. The fourth-order valence-electron chi connectivity index (χ4n) is 7.59. The average Bonchev–Trinajstić information content (AvgIpc) is 2.89. The second kappa shape index (κ2) is 5.92. The molecule has 3 saturated carbocycles. The van der Waals surface area contributed by atoms with E-state index in [4.69, 9.17) is 0 Å². The topological polar surface area (TPSA) is 0 Å². The molecule has 0 bridgehead atoms. The molecule has 0 heteroatoms. The predicted octanol–water partition coefficient (Wildman–Crippen LogP) is 7.15. The summed E-state index contributed by atoms with van der Waals surface area (Å²) in [6.45, 7) is 7.69. The number of hydrogen-bond donors (Lipinski definition) is 0. The van der Waals surface area contributed by atoms with Crippen molar-refractivity contribution in [3.8, 4) is 0 Å². The molecule has 0 amide bonds. The molecule has 6 unspecified atom stereocenters. The van der Waals surface area contributed by atoms with Gasteiger partial charge in [-0.25, -0.2) is 0 Å². The van der Waals surface area contributed by atoms with Crippen molar-refractivity contribution in [1.82, 2.24) is 0 Å². The molecule has 23 heavy (non-hydrogen) atoms. The molecule has 130 valence electrons. The lowest BCUT2D eigenvalue weighted by Crippen LogP contribution is -2.46. The van der Waals surface area contributed by atoms with Crippen LogP contribution in [0.4, 0.5) is 0 Å². The van der Waals surface area contributed by atoms with Crippen LogP contribution in [0.3, 0.4) is 0 Å². The van der Waals surface area contributed by atoms with Gasteiger partial charge in [0.2, 0.25) is 0 Å². The van der Waals surface area contributed by atoms with E-state index in [1.807, 2.05) is 5.57 Å². The molecular formula is C23H38. The van der Waals surface area contributed by atoms with E-state index in [1.54, 1.807) is 0 Å². The van der Waals surface area contributed by atoms with Gasteiger partial charge in [-0.15, -0.1) is 0 Å². The number of hydrogen-bond acceptors (Lipinski definition) is 0. The minimum absolute atomic E-state index is 0.587. The van der Waals surface area contributed by atoms with E-state index in [2.05, 4.69) is 26.8 Å². The van der Waals surface area contributed by atoms with E-state index >= 15 is 0 Å². The van der Waals surface area contributed by atoms with Crippen LogP contribution in [0.25, 0.3) is 0 Å². The molecule has 0 saturated heterocycles. The molecule has 3 fully saturated rings. The molecule has 4 aliphatic carbocycles. The molecule has 4 rings (SSSR count). The molecule has 6 atom stereocenters. The van der Waals surface area contributed by atoms with E-state index in [-0.39, 0.29) is 0 Å². The van der Waals surface area contributed by atoms with Gasteiger partial charge in [0.25, 0.3) is 0 Å². The van der Waals surface area contributed by atoms with Crippen LogP contribution in [-0.2, 0) is 0 Å². The first-order valence-electron chi connectivity index (χ1n) is 10.8. The highest BCUT2D eigenvalue weighted by atomic mass is 14.6. The maximum atomic E-state index is 2.79. The fourth-order valence-corrected chi connectivity index (χ4v) is 7.59. The Balaban J connectivity index is 1.61. The zero-order valence-electron chi connectivity index (χ0n) is 15.9. The first kappa shape index (κ1) is 16.2. The molecule has 0 nitrogen and oxygen atoms in total. The van der Waals surface area contributed by atoms with Crippen molar-refractivity contribution < 1.29 is 0 Å². The third-order valence-electron chi connectivity index (χ3n) is 9.04. The van der Waals surface area contributed by atoms with Crippen LogP contribution in [0.15, 0.2) is 11.6 Å². The Morgan fingerprint density at radius 2 is 1.91 bits per heavy atom. The van der Waals surface area contributed by atoms with Crippen LogP contribution in [0.1, 0.15) is 97.8 Å². The molecular weight excluding hydrogens is 276 g/mol. The highest BCUT2D eigenvalue weighted by Crippen LogP contribution is 2.65. The van der Waals surface area contributed by atoms with Gasteiger partial charge in [0, 0.05) is 0 Å². The Morgan fingerprint density at radius 1 is 1.04 bits per heavy atom. The summed E-state index contributed by atoms with van der Waals surface area (Å²) >= 11 is 0. The van der Waals surface area contributed by atoms with Gasteiger partial charge in [0.15, 0.2) is 0 Å². The van der Waals surface area contributed by atoms with E-state index < -0.39 is 0 Å². The lowest BCUT2D eigenvalue weighted by atomic mass is 9.49. The third kappa shape index (κ3) is 2.37. The van der Waals surface area contributed by atoms with E-state index in [0.717, 1.165) is 23.7 Å². The fraction of sp³-hybridized carbons (Fsp3) is 0.913. The molecule has 0 aliphatic heterocycles. The summed E-state index contributed by atoms with van der Waals surface area (Å²) in [4.78, 5) is 0. The minimum atomic E-state index is 0.587. The van der Waals surface area contributed by atoms with Crippen LogP contribution >= 0.6 is 0 Å². The summed E-state index contributed by atoms with van der Waals surface area (Å²) in [6, 6.07) is 0. The van der Waals surface area contributed by atoms with Gasteiger partial charge < -0.3 is 0 Å². The maximum Gasteiger partial charge on any atom is -0.00853 e. The van der Waals surface area contributed by atoms with Crippen molar-refractivity contribution in [3.05, 3.63) is 11.6 Å². The van der Waals surface area contributed by atoms with Crippen molar-refractivity contribution in [1.29, 1.82) is 0 Å². The standard InChI is InChI=1S/C23H38/c1-4-5-8-17-11-13-20-19-12-10-18-9-6-7-15-22(18,2)21(19)14-16-23(17,20)3/h14,17-20H,4-13,15-16H2,1-3H3. The largest absolute Gasteiger partial charge is 0.0839 e. The first-order chi connectivity index (χ1) is 11.1. The number of fused-ring (bicyclic) bond motifs is 5. The van der Waals surface area contributed by atoms with Gasteiger partial charge in [0.1, 0.15) is 0 Å². The quantitative estimate of drug-likeness (QED) is 0.485. The highest BCUT2D eigenvalue weighted by molar-refractivity contribution is 5.28. The van der Waals surface area contributed by atoms with Gasteiger partial charge in [-0.1, -0.05) is 58.1 Å². The number of allylic oxidation sites excluding steroid dienone is 2. The molecule has 0 heterocycles. The van der Waals surface area contributed by atoms with Crippen molar-refractivity contribution in [3.63, 3.8) is 0 Å². The Hall–Kier alpha value is -0.260. The smallest absolute Gasteiger partial charge is 0.00853 e. The summed E-state index contributed by atoms with van der Waals surface area (Å²) in [5.41, 5.74) is 3.18. The van der Waals surface area contributed by atoms with Crippen LogP contribution in [0.5, 0.6) is 0 Å². The van der Waals surface area contributed by atoms with Crippen molar-refractivity contribution in [2.75, 3.05) is 0 Å². The molecule has 0 aromatic carbocycles. The van der Waals surface area contributed by atoms with Gasteiger partial charge in [0.05, 0.1) is 0 Å². The first-order valence-corrected chi connectivity index (χ1v) is 10.8. The summed E-state index contributed by atoms with van der Waals surface area (Å²) < 4.78 is 0. The molecule has 0 N–H and O–H groups in total. The van der Waals surface area contributed by atoms with Crippen LogP contribution < -0.4 is 0 Å². The second-order valence-corrected chi connectivity index (χ2v) is 9.94. The summed E-state index contributed by atoms with van der Waals surface area (Å²) in [5, 5.41) is 0. The molecule has 0 radical (unpaired) electrons. The SMILES string of the molecule is CCCCC1CCC2C3CCC4CCCCC4(C)C3=CCC12C. The predicted molar refractivity (Wildman–Crippen MR) is 99.3 cm³/mol. The Morgan fingerprint density at radius 3 is 2.74 bits per heavy atom. The van der Waals surface area contributed by atoms with Crippen molar-refractivity contribution >= 4 is 0 Å². The summed E-state index contributed by atoms with van der Waals surface area (Å²) in [7, 11) is 0. The second-order valence-electron chi connectivity index (χ2n) is 9.94. The minimum Gasteiger partial charge on any atom is -0.0839 e. The Bertz CT molecular complexity index is 474. The van der Waals surface area contributed by atoms with E-state index in [1.165, 1.54) is 77.0 Å². The number of unbranched alkanes of at least 4 members (excludes halogenated alkanes) is 1. The van der Waals surface area contributed by atoms with E-state index in [9.17, 15) is 0 Å². The highest BCUT2D eigenvalue weighted by Gasteiger charge is 2.56. The summed E-state index contributed by atoms with van der Waals surface area (Å²) in [6.07, 6.45) is 20.6. The molecule has 0 spiro atoms. The average molecular weight is 315 g/mol. The number of rotatable bonds is 3. The molecule has 0 aromatic rings. The summed E-state index contributed by atoms with van der Waals surface area (Å²) in [5.74, 6) is 4.01. The Kier molecular flexibility index (Phi) is 4.18. The lowest BCUT2D eigenvalue weighted by Gasteiger charge is -2.56. The molecule has 0 aromatic heterocycles. The normalized spacial score (nSPS) is 49.1. The van der Waals surface area contributed by atoms with Gasteiger partial charge in [-0.05, 0) is 85.9 Å². The zero-order chi connectivity index (χ0) is 16.1. The van der Waals surface area contributed by atoms with Gasteiger partial charge in [-0.2, -0.15) is 0 Å². The van der Waals surface area contributed by atoms with Crippen LogP contribution in [-0.4, -0.2) is 0 Å². The zero-order valence-corrected chi connectivity index (χ0v) is 15.9. The molecule has 4 aliphatic rings. The van der Waals surface area contributed by atoms with E-state index in [0.29, 0.717) is 10.8 Å².